The van der Waals surface area contributed by atoms with Gasteiger partial charge in [0.25, 0.3) is 0 Å². The minimum Gasteiger partial charge on any atom is -0.253 e. The maximum atomic E-state index is 5.02. The van der Waals surface area contributed by atoms with Gasteiger partial charge in [0.2, 0.25) is 0 Å². The van der Waals surface area contributed by atoms with Gasteiger partial charge in [0.05, 0.1) is 11.4 Å². The smallest absolute Gasteiger partial charge is 0.139 e. The molecule has 3 rings (SSSR count). The molecule has 2 nitrogen and oxygen atoms in total. The summed E-state index contributed by atoms with van der Waals surface area (Å²) in [7, 11) is 2.17. The minimum absolute atomic E-state index is 1.07. The summed E-state index contributed by atoms with van der Waals surface area (Å²) in [4.78, 5) is 10.0. The molecule has 2 heterocycles. The van der Waals surface area contributed by atoms with Crippen LogP contribution in [0.25, 0.3) is 22.5 Å². The molecule has 1 aromatic carbocycles. The fourth-order valence-corrected chi connectivity index (χ4v) is 4.81. The van der Waals surface area contributed by atoms with E-state index >= 15 is 0 Å². The van der Waals surface area contributed by atoms with Crippen LogP contribution in [0, 0.1) is 0 Å². The molecule has 0 aliphatic heterocycles. The molecule has 186 valence electrons. The Morgan fingerprint density at radius 3 is 1.43 bits per heavy atom. The maximum Gasteiger partial charge on any atom is 0.139 e. The Bertz CT molecular complexity index is 936. The molecule has 0 bridgehead atoms. The van der Waals surface area contributed by atoms with E-state index in [0.29, 0.717) is 0 Å². The van der Waals surface area contributed by atoms with Gasteiger partial charge in [-0.1, -0.05) is 108 Å². The molecule has 0 amide bonds. The highest BCUT2D eigenvalue weighted by atomic mass is 14.7. The number of nitrogens with zero attached hydrogens (tertiary/aromatic N) is 2. The predicted octanol–water partition coefficient (Wildman–Crippen LogP) is 7.88. The third-order valence-corrected chi connectivity index (χ3v) is 6.86. The molecule has 35 heavy (non-hydrogen) atoms. The SMILES string of the molecule is Bc1cc(-c2cccc(CCCCCCCC)n2)cc(-c2cccc(CCCCCCCC)n2)c1. The van der Waals surface area contributed by atoms with E-state index in [2.05, 4.69) is 76.3 Å². The van der Waals surface area contributed by atoms with Crippen molar-refractivity contribution < 1.29 is 0 Å². The van der Waals surface area contributed by atoms with Gasteiger partial charge in [0.15, 0.2) is 0 Å². The van der Waals surface area contributed by atoms with Crippen molar-refractivity contribution in [1.82, 2.24) is 9.97 Å². The zero-order chi connectivity index (χ0) is 24.7. The van der Waals surface area contributed by atoms with Crippen LogP contribution >= 0.6 is 0 Å². The summed E-state index contributed by atoms with van der Waals surface area (Å²) in [6.07, 6.45) is 18.0. The summed E-state index contributed by atoms with van der Waals surface area (Å²) >= 11 is 0. The number of unbranched alkanes of at least 4 members (excludes halogenated alkanes) is 10. The van der Waals surface area contributed by atoms with E-state index in [1.54, 1.807) is 0 Å². The highest BCUT2D eigenvalue weighted by Gasteiger charge is 2.08. The second-order valence-electron chi connectivity index (χ2n) is 10.2. The van der Waals surface area contributed by atoms with Crippen LogP contribution in [0.3, 0.4) is 0 Å². The van der Waals surface area contributed by atoms with Crippen LogP contribution in [0.4, 0.5) is 0 Å². The van der Waals surface area contributed by atoms with E-state index in [0.717, 1.165) is 24.2 Å². The summed E-state index contributed by atoms with van der Waals surface area (Å²) in [5.41, 5.74) is 8.19. The van der Waals surface area contributed by atoms with E-state index in [-0.39, 0.29) is 0 Å². The van der Waals surface area contributed by atoms with Crippen molar-refractivity contribution in [2.24, 2.45) is 0 Å². The highest BCUT2D eigenvalue weighted by Crippen LogP contribution is 2.24. The van der Waals surface area contributed by atoms with Gasteiger partial charge >= 0.3 is 0 Å². The van der Waals surface area contributed by atoms with Crippen LogP contribution in [-0.4, -0.2) is 17.8 Å². The molecule has 3 aromatic rings. The van der Waals surface area contributed by atoms with Gasteiger partial charge in [-0.3, -0.25) is 9.97 Å². The summed E-state index contributed by atoms with van der Waals surface area (Å²) in [5.74, 6) is 0. The van der Waals surface area contributed by atoms with E-state index < -0.39 is 0 Å². The van der Waals surface area contributed by atoms with E-state index in [9.17, 15) is 0 Å². The molecule has 3 heteroatoms. The van der Waals surface area contributed by atoms with Crippen molar-refractivity contribution >= 4 is 13.3 Å². The van der Waals surface area contributed by atoms with Gasteiger partial charge < -0.3 is 0 Å². The molecular weight excluding hydrogens is 423 g/mol. The minimum atomic E-state index is 1.07. The quantitative estimate of drug-likeness (QED) is 0.158. The summed E-state index contributed by atoms with van der Waals surface area (Å²) in [6.45, 7) is 4.55. The Hall–Kier alpha value is -2.42. The first-order valence-corrected chi connectivity index (χ1v) is 14.2. The van der Waals surface area contributed by atoms with E-state index in [4.69, 9.17) is 9.97 Å². The van der Waals surface area contributed by atoms with Crippen molar-refractivity contribution in [3.8, 4) is 22.5 Å². The lowest BCUT2D eigenvalue weighted by molar-refractivity contribution is 0.605. The number of aryl methyl sites for hydroxylation is 2. The van der Waals surface area contributed by atoms with Gasteiger partial charge in [-0.05, 0) is 56.0 Å². The number of aromatic nitrogens is 2. The third kappa shape index (κ3) is 9.63. The number of benzene rings is 1. The fourth-order valence-electron chi connectivity index (χ4n) is 4.81. The first kappa shape index (κ1) is 27.2. The summed E-state index contributed by atoms with van der Waals surface area (Å²) in [6, 6.07) is 19.7. The Labute approximate surface area is 215 Å². The Balaban J connectivity index is 1.65. The normalized spacial score (nSPS) is 11.1. The molecule has 0 N–H and O–H groups in total. The zero-order valence-electron chi connectivity index (χ0n) is 22.5. The number of hydrogen-bond acceptors (Lipinski definition) is 2. The second kappa shape index (κ2) is 15.6. The molecule has 0 atom stereocenters. The monoisotopic (exact) mass is 468 g/mol. The lowest BCUT2D eigenvalue weighted by Crippen LogP contribution is -2.04. The molecule has 0 saturated carbocycles. The standard InChI is InChI=1S/C32H45BN2/c1-3-5-7-9-11-13-17-29-19-15-21-31(34-29)26-23-27(25-28(33)24-26)32-22-16-20-30(35-32)18-14-12-10-8-6-4-2/h15-16,19-25H,3-14,17-18,33H2,1-2H3. The van der Waals surface area contributed by atoms with Crippen molar-refractivity contribution in [3.05, 3.63) is 66.0 Å². The highest BCUT2D eigenvalue weighted by molar-refractivity contribution is 6.33. The molecule has 0 saturated heterocycles. The van der Waals surface area contributed by atoms with Crippen molar-refractivity contribution in [2.75, 3.05) is 0 Å². The fraction of sp³-hybridized carbons (Fsp3) is 0.500. The van der Waals surface area contributed by atoms with Crippen LogP contribution in [-0.2, 0) is 12.8 Å². The number of hydrogen-bond donors (Lipinski definition) is 0. The zero-order valence-corrected chi connectivity index (χ0v) is 22.5. The molecule has 0 aliphatic rings. The first-order chi connectivity index (χ1) is 17.2. The number of pyridine rings is 2. The molecule has 0 aliphatic carbocycles. The maximum absolute atomic E-state index is 5.02. The van der Waals surface area contributed by atoms with Gasteiger partial charge in [-0.2, -0.15) is 0 Å². The Morgan fingerprint density at radius 1 is 0.543 bits per heavy atom. The molecule has 0 unspecified atom stereocenters. The Kier molecular flexibility index (Phi) is 12.1. The molecule has 0 spiro atoms. The first-order valence-electron chi connectivity index (χ1n) is 14.2. The van der Waals surface area contributed by atoms with Crippen LogP contribution in [0.5, 0.6) is 0 Å². The van der Waals surface area contributed by atoms with Gasteiger partial charge in [0, 0.05) is 22.5 Å². The molecule has 0 radical (unpaired) electrons. The Morgan fingerprint density at radius 2 is 0.971 bits per heavy atom. The average molecular weight is 469 g/mol. The number of rotatable bonds is 16. The van der Waals surface area contributed by atoms with Gasteiger partial charge in [0.1, 0.15) is 7.85 Å². The van der Waals surface area contributed by atoms with Crippen LogP contribution in [0.15, 0.2) is 54.6 Å². The van der Waals surface area contributed by atoms with Crippen molar-refractivity contribution in [2.45, 2.75) is 104 Å². The third-order valence-electron chi connectivity index (χ3n) is 6.86. The van der Waals surface area contributed by atoms with Crippen molar-refractivity contribution in [1.29, 1.82) is 0 Å². The van der Waals surface area contributed by atoms with E-state index in [1.165, 1.54) is 105 Å². The molecule has 2 aromatic heterocycles. The van der Waals surface area contributed by atoms with Gasteiger partial charge in [-0.25, -0.2) is 0 Å². The molecular formula is C32H45BN2. The van der Waals surface area contributed by atoms with Gasteiger partial charge in [-0.15, -0.1) is 0 Å². The van der Waals surface area contributed by atoms with Crippen LogP contribution < -0.4 is 5.46 Å². The van der Waals surface area contributed by atoms with E-state index in [1.807, 2.05) is 0 Å². The largest absolute Gasteiger partial charge is 0.253 e. The lowest BCUT2D eigenvalue weighted by atomic mass is 9.90. The topological polar surface area (TPSA) is 25.8 Å². The van der Waals surface area contributed by atoms with Crippen LogP contribution in [0.2, 0.25) is 0 Å². The second-order valence-corrected chi connectivity index (χ2v) is 10.2. The predicted molar refractivity (Wildman–Crippen MR) is 155 cm³/mol. The lowest BCUT2D eigenvalue weighted by Gasteiger charge is -2.10. The molecule has 0 fully saturated rings. The van der Waals surface area contributed by atoms with Crippen LogP contribution in [0.1, 0.15) is 102 Å². The van der Waals surface area contributed by atoms with Crippen molar-refractivity contribution in [3.63, 3.8) is 0 Å². The average Bonchev–Trinajstić information content (AvgIpc) is 2.88. The summed E-state index contributed by atoms with van der Waals surface area (Å²) < 4.78 is 0. The summed E-state index contributed by atoms with van der Waals surface area (Å²) in [5, 5.41) is 0.